The maximum atomic E-state index is 9.61. The van der Waals surface area contributed by atoms with E-state index < -0.39 is 5.79 Å². The first-order chi connectivity index (χ1) is 8.15. The minimum atomic E-state index is -1.00. The lowest BCUT2D eigenvalue weighted by atomic mass is 10.2. The van der Waals surface area contributed by atoms with Gasteiger partial charge in [-0.3, -0.25) is 0 Å². The Hall–Kier alpha value is -1.55. The summed E-state index contributed by atoms with van der Waals surface area (Å²) in [5.41, 5.74) is 0.990. The molecule has 1 N–H and O–H groups in total. The van der Waals surface area contributed by atoms with Crippen molar-refractivity contribution in [3.05, 3.63) is 36.3 Å². The lowest BCUT2D eigenvalue weighted by Gasteiger charge is -2.25. The fourth-order valence-corrected chi connectivity index (χ4v) is 1.63. The number of benzene rings is 1. The molecule has 1 aromatic carbocycles. The molecule has 0 fully saturated rings. The van der Waals surface area contributed by atoms with Crippen molar-refractivity contribution in [1.82, 2.24) is 0 Å². The van der Waals surface area contributed by atoms with E-state index in [-0.39, 0.29) is 18.2 Å². The van der Waals surface area contributed by atoms with Crippen LogP contribution in [0.2, 0.25) is 0 Å². The second-order valence-corrected chi connectivity index (χ2v) is 4.08. The van der Waals surface area contributed by atoms with Gasteiger partial charge in [0.1, 0.15) is 18.4 Å². The van der Waals surface area contributed by atoms with E-state index in [2.05, 4.69) is 0 Å². The number of halogens is 1. The molecular formula is C12H13ClO4. The molecule has 0 atom stereocenters. The molecule has 1 aromatic rings. The van der Waals surface area contributed by atoms with Gasteiger partial charge in [-0.1, -0.05) is 6.07 Å². The van der Waals surface area contributed by atoms with Crippen molar-refractivity contribution in [2.45, 2.75) is 12.7 Å². The van der Waals surface area contributed by atoms with E-state index in [1.54, 1.807) is 18.2 Å². The Morgan fingerprint density at radius 2 is 2.06 bits per heavy atom. The van der Waals surface area contributed by atoms with Crippen LogP contribution in [0.5, 0.6) is 11.5 Å². The van der Waals surface area contributed by atoms with Crippen LogP contribution in [0.25, 0.3) is 0 Å². The van der Waals surface area contributed by atoms with Crippen LogP contribution in [0.3, 0.4) is 0 Å². The van der Waals surface area contributed by atoms with Gasteiger partial charge in [-0.2, -0.15) is 0 Å². The topological polar surface area (TPSA) is 47.9 Å². The number of ether oxygens (including phenoxy) is 3. The fraction of sp³-hybridized carbons (Fsp3) is 0.333. The highest BCUT2D eigenvalue weighted by Crippen LogP contribution is 2.29. The summed E-state index contributed by atoms with van der Waals surface area (Å²) in [5, 5.41) is 9.61. The van der Waals surface area contributed by atoms with E-state index in [9.17, 15) is 5.11 Å². The number of aromatic hydroxyl groups is 1. The van der Waals surface area contributed by atoms with Crippen molar-refractivity contribution < 1.29 is 19.3 Å². The molecule has 1 aliphatic heterocycles. The number of aryl methyl sites for hydroxylation is 1. The average molecular weight is 257 g/mol. The van der Waals surface area contributed by atoms with Crippen LogP contribution in [0.4, 0.5) is 0 Å². The van der Waals surface area contributed by atoms with Crippen LogP contribution in [0.15, 0.2) is 30.7 Å². The van der Waals surface area contributed by atoms with Gasteiger partial charge in [-0.25, -0.2) is 0 Å². The molecule has 0 radical (unpaired) electrons. The maximum Gasteiger partial charge on any atom is 0.297 e. The summed E-state index contributed by atoms with van der Waals surface area (Å²) >= 11 is 5.77. The summed E-state index contributed by atoms with van der Waals surface area (Å²) in [6, 6.07) is 5.11. The molecule has 0 saturated heterocycles. The molecule has 92 valence electrons. The SMILES string of the molecule is Cc1ccc(O)c(OCC2(CCl)OC=CO2)c1. The van der Waals surface area contributed by atoms with Gasteiger partial charge < -0.3 is 19.3 Å². The molecule has 0 aromatic heterocycles. The monoisotopic (exact) mass is 256 g/mol. The highest BCUT2D eigenvalue weighted by atomic mass is 35.5. The number of rotatable bonds is 4. The van der Waals surface area contributed by atoms with Crippen molar-refractivity contribution in [3.8, 4) is 11.5 Å². The van der Waals surface area contributed by atoms with Crippen LogP contribution in [-0.2, 0) is 9.47 Å². The Labute approximate surface area is 104 Å². The molecule has 0 spiro atoms. The molecule has 0 unspecified atom stereocenters. The van der Waals surface area contributed by atoms with E-state index >= 15 is 0 Å². The zero-order chi connectivity index (χ0) is 12.3. The van der Waals surface area contributed by atoms with E-state index in [0.717, 1.165) is 5.56 Å². The molecule has 0 amide bonds. The number of phenols is 1. The van der Waals surface area contributed by atoms with E-state index in [1.807, 2.05) is 6.92 Å². The number of alkyl halides is 1. The Balaban J connectivity index is 2.04. The number of hydrogen-bond acceptors (Lipinski definition) is 4. The lowest BCUT2D eigenvalue weighted by molar-refractivity contribution is -0.145. The predicted molar refractivity (Wildman–Crippen MR) is 63.1 cm³/mol. The normalized spacial score (nSPS) is 16.4. The molecule has 2 rings (SSSR count). The predicted octanol–water partition coefficient (Wildman–Crippen LogP) is 2.53. The highest BCUT2D eigenvalue weighted by Gasteiger charge is 2.36. The van der Waals surface area contributed by atoms with Crippen LogP contribution in [0, 0.1) is 6.92 Å². The zero-order valence-electron chi connectivity index (χ0n) is 9.35. The van der Waals surface area contributed by atoms with Crippen LogP contribution >= 0.6 is 11.6 Å². The number of hydrogen-bond donors (Lipinski definition) is 1. The molecule has 0 bridgehead atoms. The number of phenolic OH excluding ortho intramolecular Hbond substituents is 1. The molecule has 5 heteroatoms. The highest BCUT2D eigenvalue weighted by molar-refractivity contribution is 6.18. The minimum Gasteiger partial charge on any atom is -0.504 e. The first-order valence-electron chi connectivity index (χ1n) is 5.14. The summed E-state index contributed by atoms with van der Waals surface area (Å²) in [6.45, 7) is 2.01. The van der Waals surface area contributed by atoms with E-state index in [1.165, 1.54) is 12.5 Å². The Morgan fingerprint density at radius 3 is 2.71 bits per heavy atom. The van der Waals surface area contributed by atoms with Gasteiger partial charge in [0.2, 0.25) is 0 Å². The summed E-state index contributed by atoms with van der Waals surface area (Å²) < 4.78 is 16.0. The maximum absolute atomic E-state index is 9.61. The van der Waals surface area contributed by atoms with Gasteiger partial charge in [0.05, 0.1) is 0 Å². The standard InChI is InChI=1S/C12H13ClO4/c1-9-2-3-10(14)11(6-9)15-8-12(7-13)16-4-5-17-12/h2-6,14H,7-8H2,1H3. The smallest absolute Gasteiger partial charge is 0.297 e. The molecular weight excluding hydrogens is 244 g/mol. The van der Waals surface area contributed by atoms with Gasteiger partial charge in [-0.15, -0.1) is 11.6 Å². The van der Waals surface area contributed by atoms with Crippen molar-refractivity contribution in [2.24, 2.45) is 0 Å². The summed E-state index contributed by atoms with van der Waals surface area (Å²) in [7, 11) is 0. The lowest BCUT2D eigenvalue weighted by Crippen LogP contribution is -2.39. The van der Waals surface area contributed by atoms with E-state index in [0.29, 0.717) is 5.75 Å². The van der Waals surface area contributed by atoms with Gasteiger partial charge in [0.25, 0.3) is 5.79 Å². The Kier molecular flexibility index (Phi) is 3.33. The minimum absolute atomic E-state index is 0.0753. The van der Waals surface area contributed by atoms with Crippen LogP contribution in [-0.4, -0.2) is 23.4 Å². The van der Waals surface area contributed by atoms with Gasteiger partial charge in [0.15, 0.2) is 18.1 Å². The Morgan fingerprint density at radius 1 is 1.35 bits per heavy atom. The zero-order valence-corrected chi connectivity index (χ0v) is 10.1. The summed E-state index contributed by atoms with van der Waals surface area (Å²) in [5.74, 6) is -0.413. The third-order valence-corrected chi connectivity index (χ3v) is 2.79. The Bertz CT molecular complexity index is 423. The molecule has 1 aliphatic rings. The third kappa shape index (κ3) is 2.58. The van der Waals surface area contributed by atoms with Crippen LogP contribution in [0.1, 0.15) is 5.56 Å². The van der Waals surface area contributed by atoms with Crippen molar-refractivity contribution >= 4 is 11.6 Å². The van der Waals surface area contributed by atoms with Gasteiger partial charge in [0, 0.05) is 0 Å². The molecule has 0 saturated carbocycles. The van der Waals surface area contributed by atoms with Gasteiger partial charge in [-0.05, 0) is 24.6 Å². The quantitative estimate of drug-likeness (QED) is 0.841. The van der Waals surface area contributed by atoms with Crippen molar-refractivity contribution in [2.75, 3.05) is 12.5 Å². The average Bonchev–Trinajstić information content (AvgIpc) is 2.80. The first kappa shape index (κ1) is 11.9. The van der Waals surface area contributed by atoms with Crippen molar-refractivity contribution in [1.29, 1.82) is 0 Å². The molecule has 0 aliphatic carbocycles. The van der Waals surface area contributed by atoms with Gasteiger partial charge >= 0.3 is 0 Å². The molecule has 1 heterocycles. The second-order valence-electron chi connectivity index (χ2n) is 3.81. The van der Waals surface area contributed by atoms with Crippen molar-refractivity contribution in [3.63, 3.8) is 0 Å². The largest absolute Gasteiger partial charge is 0.504 e. The molecule has 4 nitrogen and oxygen atoms in total. The first-order valence-corrected chi connectivity index (χ1v) is 5.68. The second kappa shape index (κ2) is 4.75. The fourth-order valence-electron chi connectivity index (χ4n) is 1.43. The summed E-state index contributed by atoms with van der Waals surface area (Å²) in [4.78, 5) is 0. The van der Waals surface area contributed by atoms with E-state index in [4.69, 9.17) is 25.8 Å². The van der Waals surface area contributed by atoms with Crippen LogP contribution < -0.4 is 4.74 Å². The summed E-state index contributed by atoms with van der Waals surface area (Å²) in [6.07, 6.45) is 2.84. The third-order valence-electron chi connectivity index (χ3n) is 2.39. The molecule has 17 heavy (non-hydrogen) atoms.